The number of benzene rings is 1. The molecule has 7 heteroatoms. The van der Waals surface area contributed by atoms with E-state index in [2.05, 4.69) is 15.5 Å². The summed E-state index contributed by atoms with van der Waals surface area (Å²) in [6.45, 7) is 1.86. The van der Waals surface area contributed by atoms with Crippen molar-refractivity contribution in [2.45, 2.75) is 55.5 Å². The van der Waals surface area contributed by atoms with E-state index in [0.717, 1.165) is 12.8 Å². The Kier molecular flexibility index (Phi) is 5.73. The van der Waals surface area contributed by atoms with Gasteiger partial charge in [-0.1, -0.05) is 43.2 Å². The molecule has 134 valence electrons. The summed E-state index contributed by atoms with van der Waals surface area (Å²) >= 11 is 1.34. The van der Waals surface area contributed by atoms with Gasteiger partial charge in [-0.05, 0) is 31.9 Å². The average Bonchev–Trinajstić information content (AvgIpc) is 2.97. The Morgan fingerprint density at radius 1 is 1.28 bits per heavy atom. The number of hydrogen-bond acceptors (Lipinski definition) is 4. The third-order valence-electron chi connectivity index (χ3n) is 4.55. The van der Waals surface area contributed by atoms with E-state index in [1.807, 2.05) is 6.92 Å². The largest absolute Gasteiger partial charge is 0.352 e. The van der Waals surface area contributed by atoms with Gasteiger partial charge in [0.15, 0.2) is 11.0 Å². The Labute approximate surface area is 151 Å². The van der Waals surface area contributed by atoms with Gasteiger partial charge in [-0.2, -0.15) is 0 Å². The average molecular weight is 362 g/mol. The maximum Gasteiger partial charge on any atom is 0.233 e. The molecule has 1 amide bonds. The van der Waals surface area contributed by atoms with Crippen LogP contribution in [0.3, 0.4) is 0 Å². The van der Waals surface area contributed by atoms with Gasteiger partial charge < -0.3 is 9.88 Å². The van der Waals surface area contributed by atoms with Crippen molar-refractivity contribution in [1.82, 2.24) is 20.1 Å². The summed E-state index contributed by atoms with van der Waals surface area (Å²) in [4.78, 5) is 12.4. The molecular weight excluding hydrogens is 339 g/mol. The highest BCUT2D eigenvalue weighted by molar-refractivity contribution is 8.00. The van der Waals surface area contributed by atoms with E-state index >= 15 is 0 Å². The molecule has 25 heavy (non-hydrogen) atoms. The van der Waals surface area contributed by atoms with E-state index in [9.17, 15) is 9.18 Å². The molecule has 1 heterocycles. The van der Waals surface area contributed by atoms with E-state index in [4.69, 9.17) is 0 Å². The molecule has 0 aliphatic heterocycles. The zero-order valence-corrected chi connectivity index (χ0v) is 15.4. The zero-order chi connectivity index (χ0) is 17.8. The van der Waals surface area contributed by atoms with Crippen molar-refractivity contribution in [2.24, 2.45) is 7.05 Å². The molecule has 1 atom stereocenters. The summed E-state index contributed by atoms with van der Waals surface area (Å²) in [6, 6.07) is 6.77. The maximum atomic E-state index is 14.0. The number of carbonyl (C=O) groups excluding carboxylic acids is 1. The fourth-order valence-electron chi connectivity index (χ4n) is 3.07. The number of nitrogens with one attached hydrogen (secondary N) is 1. The molecule has 2 aromatic rings. The van der Waals surface area contributed by atoms with Crippen molar-refractivity contribution < 1.29 is 9.18 Å². The molecule has 0 radical (unpaired) electrons. The maximum absolute atomic E-state index is 14.0. The second-order valence-corrected chi connectivity index (χ2v) is 7.76. The van der Waals surface area contributed by atoms with Gasteiger partial charge in [0, 0.05) is 13.1 Å². The normalized spacial score (nSPS) is 16.6. The van der Waals surface area contributed by atoms with Crippen LogP contribution >= 0.6 is 11.8 Å². The number of thioether (sulfide) groups is 1. The van der Waals surface area contributed by atoms with Crippen molar-refractivity contribution in [2.75, 3.05) is 0 Å². The predicted molar refractivity (Wildman–Crippen MR) is 96.7 cm³/mol. The van der Waals surface area contributed by atoms with E-state index < -0.39 is 0 Å². The molecule has 5 nitrogen and oxygen atoms in total. The first kappa shape index (κ1) is 17.9. The SMILES string of the molecule is CC(Sc1nnc(-c2ccccc2F)n1C)C(=O)NC1CCCCC1. The van der Waals surface area contributed by atoms with Crippen LogP contribution < -0.4 is 5.32 Å². The van der Waals surface area contributed by atoms with Gasteiger partial charge in [0.2, 0.25) is 5.91 Å². The number of aromatic nitrogens is 3. The van der Waals surface area contributed by atoms with Crippen molar-refractivity contribution in [3.63, 3.8) is 0 Å². The van der Waals surface area contributed by atoms with Crippen molar-refractivity contribution in [3.05, 3.63) is 30.1 Å². The van der Waals surface area contributed by atoms with E-state index in [1.54, 1.807) is 29.8 Å². The van der Waals surface area contributed by atoms with E-state index in [1.165, 1.54) is 37.1 Å². The molecule has 1 aliphatic carbocycles. The highest BCUT2D eigenvalue weighted by Crippen LogP contribution is 2.27. The summed E-state index contributed by atoms with van der Waals surface area (Å²) in [6.07, 6.45) is 5.74. The highest BCUT2D eigenvalue weighted by Gasteiger charge is 2.23. The first-order valence-corrected chi connectivity index (χ1v) is 9.55. The van der Waals surface area contributed by atoms with Crippen LogP contribution in [-0.4, -0.2) is 32.0 Å². The summed E-state index contributed by atoms with van der Waals surface area (Å²) in [5, 5.41) is 11.7. The smallest absolute Gasteiger partial charge is 0.233 e. The number of halogens is 1. The van der Waals surface area contributed by atoms with Crippen LogP contribution in [0, 0.1) is 5.82 Å². The molecule has 0 saturated heterocycles. The fraction of sp³-hybridized carbons (Fsp3) is 0.500. The summed E-state index contributed by atoms with van der Waals surface area (Å²) < 4.78 is 15.7. The van der Waals surface area contributed by atoms with Gasteiger partial charge in [0.05, 0.1) is 10.8 Å². The summed E-state index contributed by atoms with van der Waals surface area (Å²) in [5.74, 6) is 0.144. The molecule has 1 aliphatic rings. The lowest BCUT2D eigenvalue weighted by atomic mass is 9.95. The van der Waals surface area contributed by atoms with Gasteiger partial charge in [0.25, 0.3) is 0 Å². The minimum Gasteiger partial charge on any atom is -0.352 e. The third-order valence-corrected chi connectivity index (χ3v) is 5.69. The van der Waals surface area contributed by atoms with Crippen LogP contribution in [0.2, 0.25) is 0 Å². The van der Waals surface area contributed by atoms with Crippen LogP contribution in [0.4, 0.5) is 4.39 Å². The zero-order valence-electron chi connectivity index (χ0n) is 14.5. The lowest BCUT2D eigenvalue weighted by Crippen LogP contribution is -2.40. The van der Waals surface area contributed by atoms with Crippen LogP contribution in [-0.2, 0) is 11.8 Å². The molecule has 0 bridgehead atoms. The van der Waals surface area contributed by atoms with Gasteiger partial charge in [-0.3, -0.25) is 4.79 Å². The minimum atomic E-state index is -0.336. The molecule has 1 N–H and O–H groups in total. The van der Waals surface area contributed by atoms with Crippen LogP contribution in [0.25, 0.3) is 11.4 Å². The predicted octanol–water partition coefficient (Wildman–Crippen LogP) is 3.55. The van der Waals surface area contributed by atoms with Gasteiger partial charge in [0.1, 0.15) is 5.82 Å². The van der Waals surface area contributed by atoms with Crippen molar-refractivity contribution in [3.8, 4) is 11.4 Å². The Morgan fingerprint density at radius 2 is 2.00 bits per heavy atom. The van der Waals surface area contributed by atoms with Crippen LogP contribution in [0.5, 0.6) is 0 Å². The van der Waals surface area contributed by atoms with E-state index in [-0.39, 0.29) is 23.0 Å². The van der Waals surface area contributed by atoms with Gasteiger partial charge in [-0.15, -0.1) is 10.2 Å². The third kappa shape index (κ3) is 4.21. The summed E-state index contributed by atoms with van der Waals surface area (Å²) in [7, 11) is 1.79. The molecule has 1 unspecified atom stereocenters. The first-order chi connectivity index (χ1) is 12.1. The Hall–Kier alpha value is -1.89. The van der Waals surface area contributed by atoms with Crippen molar-refractivity contribution in [1.29, 1.82) is 0 Å². The second-order valence-electron chi connectivity index (χ2n) is 6.45. The number of hydrogen-bond donors (Lipinski definition) is 1. The number of carbonyl (C=O) groups is 1. The Balaban J connectivity index is 1.66. The number of nitrogens with zero attached hydrogens (tertiary/aromatic N) is 3. The lowest BCUT2D eigenvalue weighted by Gasteiger charge is -2.24. The minimum absolute atomic E-state index is 0.0207. The standard InChI is InChI=1S/C18H23FN4OS/c1-12(17(24)20-13-8-4-3-5-9-13)25-18-22-21-16(23(18)2)14-10-6-7-11-15(14)19/h6-7,10-13H,3-5,8-9H2,1-2H3,(H,20,24). The van der Waals surface area contributed by atoms with Gasteiger partial charge >= 0.3 is 0 Å². The molecule has 0 spiro atoms. The monoisotopic (exact) mass is 362 g/mol. The first-order valence-electron chi connectivity index (χ1n) is 8.67. The fourth-order valence-corrected chi connectivity index (χ4v) is 3.90. The number of amides is 1. The van der Waals surface area contributed by atoms with E-state index in [0.29, 0.717) is 16.5 Å². The molecule has 1 aromatic heterocycles. The second kappa shape index (κ2) is 7.99. The highest BCUT2D eigenvalue weighted by atomic mass is 32.2. The molecule has 1 saturated carbocycles. The Bertz CT molecular complexity index is 742. The molecule has 1 aromatic carbocycles. The molecule has 1 fully saturated rings. The molecule has 3 rings (SSSR count). The lowest BCUT2D eigenvalue weighted by molar-refractivity contribution is -0.121. The quantitative estimate of drug-likeness (QED) is 0.827. The van der Waals surface area contributed by atoms with Crippen LogP contribution in [0.1, 0.15) is 39.0 Å². The molecular formula is C18H23FN4OS. The summed E-state index contributed by atoms with van der Waals surface area (Å²) in [5.41, 5.74) is 0.406. The topological polar surface area (TPSA) is 59.8 Å². The van der Waals surface area contributed by atoms with Crippen LogP contribution in [0.15, 0.2) is 29.4 Å². The number of rotatable bonds is 5. The Morgan fingerprint density at radius 3 is 2.72 bits per heavy atom. The van der Waals surface area contributed by atoms with Gasteiger partial charge in [-0.25, -0.2) is 4.39 Å². The van der Waals surface area contributed by atoms with Crippen molar-refractivity contribution >= 4 is 17.7 Å².